The summed E-state index contributed by atoms with van der Waals surface area (Å²) in [7, 11) is 0. The van der Waals surface area contributed by atoms with Gasteiger partial charge in [-0.3, -0.25) is 4.79 Å². The van der Waals surface area contributed by atoms with Crippen LogP contribution >= 0.6 is 0 Å². The number of carbonyl (C=O) groups excluding carboxylic acids is 2. The van der Waals surface area contributed by atoms with Crippen molar-refractivity contribution >= 4 is 11.8 Å². The lowest BCUT2D eigenvalue weighted by Crippen LogP contribution is -2.06. The number of esters is 1. The van der Waals surface area contributed by atoms with Crippen molar-refractivity contribution in [1.29, 1.82) is 0 Å². The zero-order valence-electron chi connectivity index (χ0n) is 8.45. The number of hydrogen-bond donors (Lipinski definition) is 0. The van der Waals surface area contributed by atoms with Crippen LogP contribution in [-0.4, -0.2) is 18.4 Å². The Morgan fingerprint density at radius 2 is 2.36 bits per heavy atom. The molecular weight excluding hydrogens is 180 g/mol. The molecule has 0 aliphatic heterocycles. The minimum Gasteiger partial charge on any atom is -0.462 e. The Balaban J connectivity index is 2.75. The Labute approximate surface area is 83.4 Å². The van der Waals surface area contributed by atoms with Crippen LogP contribution in [0.3, 0.4) is 0 Å². The summed E-state index contributed by atoms with van der Waals surface area (Å²) in [5, 5.41) is 0. The van der Waals surface area contributed by atoms with Crippen molar-refractivity contribution in [1.82, 2.24) is 0 Å². The van der Waals surface area contributed by atoms with Crippen LogP contribution < -0.4 is 0 Å². The van der Waals surface area contributed by atoms with Crippen LogP contribution in [0.25, 0.3) is 0 Å². The molecule has 0 saturated heterocycles. The fourth-order valence-corrected chi connectivity index (χ4v) is 1.19. The molecule has 0 amide bonds. The van der Waals surface area contributed by atoms with Crippen LogP contribution in [0.4, 0.5) is 0 Å². The summed E-state index contributed by atoms with van der Waals surface area (Å²) in [6.07, 6.45) is 5.33. The Hall–Kier alpha value is -1.38. The van der Waals surface area contributed by atoms with Crippen LogP contribution in [0, 0.1) is 5.92 Å². The number of carbonyl (C=O) groups is 2. The third kappa shape index (κ3) is 2.55. The number of rotatable bonds is 2. The lowest BCUT2D eigenvalue weighted by Gasteiger charge is -2.00. The summed E-state index contributed by atoms with van der Waals surface area (Å²) >= 11 is 0. The van der Waals surface area contributed by atoms with Gasteiger partial charge in [0.2, 0.25) is 0 Å². The van der Waals surface area contributed by atoms with Crippen LogP contribution in [0.5, 0.6) is 0 Å². The molecule has 1 unspecified atom stereocenters. The van der Waals surface area contributed by atoms with E-state index >= 15 is 0 Å². The number of ether oxygens (including phenoxy) is 1. The monoisotopic (exact) mass is 194 g/mol. The van der Waals surface area contributed by atoms with E-state index in [-0.39, 0.29) is 17.7 Å². The smallest absolute Gasteiger partial charge is 0.337 e. The van der Waals surface area contributed by atoms with Crippen LogP contribution in [-0.2, 0) is 14.3 Å². The predicted molar refractivity (Wildman–Crippen MR) is 52.6 cm³/mol. The highest BCUT2D eigenvalue weighted by Crippen LogP contribution is 2.13. The molecule has 0 aromatic carbocycles. The molecule has 14 heavy (non-hydrogen) atoms. The lowest BCUT2D eigenvalue weighted by atomic mass is 10.1. The van der Waals surface area contributed by atoms with E-state index in [0.29, 0.717) is 18.6 Å². The quantitative estimate of drug-likeness (QED) is 0.628. The van der Waals surface area contributed by atoms with Crippen molar-refractivity contribution in [2.45, 2.75) is 20.3 Å². The molecule has 0 aromatic rings. The predicted octanol–water partition coefficient (Wildman–Crippen LogP) is 1.64. The molecule has 0 spiro atoms. The molecule has 0 radical (unpaired) electrons. The van der Waals surface area contributed by atoms with E-state index in [4.69, 9.17) is 4.74 Å². The van der Waals surface area contributed by atoms with E-state index in [1.54, 1.807) is 25.2 Å². The Morgan fingerprint density at radius 3 is 3.00 bits per heavy atom. The topological polar surface area (TPSA) is 43.4 Å². The van der Waals surface area contributed by atoms with Crippen molar-refractivity contribution < 1.29 is 14.3 Å². The normalized spacial score (nSPS) is 21.4. The largest absolute Gasteiger partial charge is 0.462 e. The van der Waals surface area contributed by atoms with Gasteiger partial charge in [0.15, 0.2) is 0 Å². The van der Waals surface area contributed by atoms with Gasteiger partial charge in [-0.05, 0) is 6.92 Å². The minimum absolute atomic E-state index is 0.113. The second kappa shape index (κ2) is 4.74. The molecule has 3 nitrogen and oxygen atoms in total. The molecule has 0 saturated carbocycles. The molecule has 0 heterocycles. The SMILES string of the molecule is CCOC(=O)C1=CCC(=O)C(C)C=C1. The second-order valence-electron chi connectivity index (χ2n) is 3.20. The first-order chi connectivity index (χ1) is 6.65. The molecule has 1 rings (SSSR count). The molecule has 1 atom stereocenters. The van der Waals surface area contributed by atoms with Gasteiger partial charge in [-0.15, -0.1) is 0 Å². The molecule has 1 aliphatic carbocycles. The molecule has 3 heteroatoms. The molecule has 1 aliphatic rings. The number of Topliss-reactive ketones (excluding diaryl/α,β-unsaturated/α-hetero) is 1. The highest BCUT2D eigenvalue weighted by Gasteiger charge is 2.15. The standard InChI is InChI=1S/C11H14O3/c1-3-14-11(13)9-5-4-8(2)10(12)7-6-9/h4-6,8H,3,7H2,1-2H3. The fourth-order valence-electron chi connectivity index (χ4n) is 1.19. The summed E-state index contributed by atoms with van der Waals surface area (Å²) in [6, 6.07) is 0. The van der Waals surface area contributed by atoms with E-state index in [0.717, 1.165) is 0 Å². The van der Waals surface area contributed by atoms with E-state index in [9.17, 15) is 9.59 Å². The third-order valence-corrected chi connectivity index (χ3v) is 2.11. The minimum atomic E-state index is -0.356. The van der Waals surface area contributed by atoms with E-state index in [2.05, 4.69) is 0 Å². The zero-order valence-corrected chi connectivity index (χ0v) is 8.45. The summed E-state index contributed by atoms with van der Waals surface area (Å²) in [4.78, 5) is 22.6. The molecule has 0 bridgehead atoms. The van der Waals surface area contributed by atoms with Crippen LogP contribution in [0.1, 0.15) is 20.3 Å². The summed E-state index contributed by atoms with van der Waals surface area (Å²) < 4.78 is 4.84. The number of hydrogen-bond acceptors (Lipinski definition) is 3. The Bertz CT molecular complexity index is 300. The van der Waals surface area contributed by atoms with Gasteiger partial charge in [0.1, 0.15) is 5.78 Å². The zero-order chi connectivity index (χ0) is 10.6. The van der Waals surface area contributed by atoms with Gasteiger partial charge in [0.05, 0.1) is 12.2 Å². The van der Waals surface area contributed by atoms with Crippen molar-refractivity contribution in [3.8, 4) is 0 Å². The number of allylic oxidation sites excluding steroid dienone is 2. The van der Waals surface area contributed by atoms with Gasteiger partial charge < -0.3 is 4.74 Å². The van der Waals surface area contributed by atoms with Gasteiger partial charge in [-0.2, -0.15) is 0 Å². The summed E-state index contributed by atoms with van der Waals surface area (Å²) in [6.45, 7) is 3.93. The molecule has 0 aromatic heterocycles. The lowest BCUT2D eigenvalue weighted by molar-refractivity contribution is -0.138. The first kappa shape index (κ1) is 10.7. The van der Waals surface area contributed by atoms with Gasteiger partial charge >= 0.3 is 5.97 Å². The first-order valence-corrected chi connectivity index (χ1v) is 4.73. The Kier molecular flexibility index (Phi) is 3.63. The Morgan fingerprint density at radius 1 is 1.64 bits per heavy atom. The second-order valence-corrected chi connectivity index (χ2v) is 3.20. The van der Waals surface area contributed by atoms with Gasteiger partial charge in [0.25, 0.3) is 0 Å². The van der Waals surface area contributed by atoms with Gasteiger partial charge in [0, 0.05) is 12.3 Å². The van der Waals surface area contributed by atoms with Gasteiger partial charge in [-0.25, -0.2) is 4.79 Å². The van der Waals surface area contributed by atoms with Crippen molar-refractivity contribution in [3.05, 3.63) is 23.8 Å². The van der Waals surface area contributed by atoms with E-state index in [1.165, 1.54) is 0 Å². The average Bonchev–Trinajstić information content (AvgIpc) is 2.31. The van der Waals surface area contributed by atoms with E-state index < -0.39 is 0 Å². The first-order valence-electron chi connectivity index (χ1n) is 4.73. The number of ketones is 1. The molecular formula is C11H14O3. The van der Waals surface area contributed by atoms with Crippen LogP contribution in [0.2, 0.25) is 0 Å². The molecule has 0 fully saturated rings. The van der Waals surface area contributed by atoms with Gasteiger partial charge in [-0.1, -0.05) is 25.2 Å². The maximum absolute atomic E-state index is 11.3. The van der Waals surface area contributed by atoms with Crippen molar-refractivity contribution in [2.75, 3.05) is 6.61 Å². The van der Waals surface area contributed by atoms with Crippen molar-refractivity contribution in [2.24, 2.45) is 5.92 Å². The maximum Gasteiger partial charge on any atom is 0.337 e. The third-order valence-electron chi connectivity index (χ3n) is 2.11. The average molecular weight is 194 g/mol. The fraction of sp³-hybridized carbons (Fsp3) is 0.455. The van der Waals surface area contributed by atoms with Crippen molar-refractivity contribution in [3.63, 3.8) is 0 Å². The highest BCUT2D eigenvalue weighted by molar-refractivity contribution is 5.94. The summed E-state index contributed by atoms with van der Waals surface area (Å²) in [5.41, 5.74) is 0.476. The summed E-state index contributed by atoms with van der Waals surface area (Å²) in [5.74, 6) is -0.343. The highest BCUT2D eigenvalue weighted by atomic mass is 16.5. The van der Waals surface area contributed by atoms with Crippen LogP contribution in [0.15, 0.2) is 23.8 Å². The molecule has 76 valence electrons. The maximum atomic E-state index is 11.3. The molecule has 0 N–H and O–H groups in total. The van der Waals surface area contributed by atoms with E-state index in [1.807, 2.05) is 6.92 Å².